The van der Waals surface area contributed by atoms with Crippen LogP contribution in [0, 0.1) is 5.92 Å². The third-order valence-corrected chi connectivity index (χ3v) is 4.65. The van der Waals surface area contributed by atoms with Crippen molar-refractivity contribution in [1.82, 2.24) is 15.5 Å². The van der Waals surface area contributed by atoms with E-state index in [9.17, 15) is 4.79 Å². The number of nitrogens with zero attached hydrogens (tertiary/aromatic N) is 3. The molecule has 0 bridgehead atoms. The second kappa shape index (κ2) is 6.63. The van der Waals surface area contributed by atoms with Gasteiger partial charge in [-0.3, -0.25) is 4.79 Å². The van der Waals surface area contributed by atoms with Crippen LogP contribution in [0.2, 0.25) is 0 Å². The molecule has 126 valence electrons. The zero-order valence-corrected chi connectivity index (χ0v) is 13.6. The summed E-state index contributed by atoms with van der Waals surface area (Å²) in [5.41, 5.74) is 1.14. The first kappa shape index (κ1) is 15.2. The van der Waals surface area contributed by atoms with Crippen LogP contribution in [0.1, 0.15) is 43.2 Å². The molecule has 4 rings (SSSR count). The molecule has 2 heterocycles. The Labute approximate surface area is 141 Å². The first-order chi connectivity index (χ1) is 11.8. The van der Waals surface area contributed by atoms with Crippen LogP contribution in [0.15, 0.2) is 34.7 Å². The number of hydrogen-bond acceptors (Lipinski definition) is 5. The second-order valence-electron chi connectivity index (χ2n) is 6.64. The van der Waals surface area contributed by atoms with Gasteiger partial charge in [0.25, 0.3) is 0 Å². The third kappa shape index (κ3) is 3.42. The van der Waals surface area contributed by atoms with Gasteiger partial charge >= 0.3 is 6.01 Å². The highest BCUT2D eigenvalue weighted by Gasteiger charge is 2.33. The van der Waals surface area contributed by atoms with E-state index in [0.717, 1.165) is 44.3 Å². The summed E-state index contributed by atoms with van der Waals surface area (Å²) in [5.74, 6) is 0.746. The van der Waals surface area contributed by atoms with Crippen molar-refractivity contribution in [1.29, 1.82) is 0 Å². The molecule has 1 aromatic carbocycles. The average molecular weight is 326 g/mol. The number of nitrogens with one attached hydrogen (secondary N) is 1. The lowest BCUT2D eigenvalue weighted by molar-refractivity contribution is -0.123. The van der Waals surface area contributed by atoms with E-state index in [-0.39, 0.29) is 17.9 Å². The Kier molecular flexibility index (Phi) is 4.19. The zero-order valence-electron chi connectivity index (χ0n) is 13.6. The Morgan fingerprint density at radius 2 is 1.96 bits per heavy atom. The maximum Gasteiger partial charge on any atom is 0.318 e. The Balaban J connectivity index is 1.53. The van der Waals surface area contributed by atoms with Gasteiger partial charge in [-0.25, -0.2) is 0 Å². The van der Waals surface area contributed by atoms with E-state index in [1.165, 1.54) is 0 Å². The van der Waals surface area contributed by atoms with Crippen LogP contribution < -0.4 is 10.2 Å². The van der Waals surface area contributed by atoms with Gasteiger partial charge in [-0.2, -0.15) is 0 Å². The minimum absolute atomic E-state index is 0.0943. The molecule has 6 nitrogen and oxygen atoms in total. The highest BCUT2D eigenvalue weighted by molar-refractivity contribution is 5.81. The third-order valence-electron chi connectivity index (χ3n) is 4.65. The van der Waals surface area contributed by atoms with Crippen molar-refractivity contribution in [2.75, 3.05) is 18.0 Å². The summed E-state index contributed by atoms with van der Waals surface area (Å²) in [6.45, 7) is 1.92. The molecular formula is C18H22N4O2. The number of anilines is 1. The molecule has 6 heteroatoms. The number of aromatic nitrogens is 2. The van der Waals surface area contributed by atoms with Crippen LogP contribution >= 0.6 is 0 Å². The van der Waals surface area contributed by atoms with Gasteiger partial charge in [0.2, 0.25) is 11.8 Å². The molecule has 2 aromatic rings. The molecule has 0 spiro atoms. The van der Waals surface area contributed by atoms with Gasteiger partial charge in [0, 0.05) is 25.4 Å². The number of benzene rings is 1. The van der Waals surface area contributed by atoms with E-state index in [1.54, 1.807) is 0 Å². The normalized spacial score (nSPS) is 18.6. The van der Waals surface area contributed by atoms with Gasteiger partial charge in [-0.15, -0.1) is 5.10 Å². The quantitative estimate of drug-likeness (QED) is 0.883. The van der Waals surface area contributed by atoms with Crippen LogP contribution in [0.25, 0.3) is 0 Å². The molecule has 1 N–H and O–H groups in total. The minimum Gasteiger partial charge on any atom is -0.406 e. The van der Waals surface area contributed by atoms with Crippen molar-refractivity contribution in [3.8, 4) is 0 Å². The smallest absolute Gasteiger partial charge is 0.318 e. The number of amides is 1. The summed E-state index contributed by atoms with van der Waals surface area (Å²) in [4.78, 5) is 14.3. The van der Waals surface area contributed by atoms with Gasteiger partial charge in [0.15, 0.2) is 0 Å². The lowest BCUT2D eigenvalue weighted by Crippen LogP contribution is -2.31. The van der Waals surface area contributed by atoms with E-state index >= 15 is 0 Å². The van der Waals surface area contributed by atoms with Crippen LogP contribution in [0.4, 0.5) is 6.01 Å². The van der Waals surface area contributed by atoms with Gasteiger partial charge in [-0.1, -0.05) is 35.4 Å². The van der Waals surface area contributed by atoms with Crippen LogP contribution in [-0.4, -0.2) is 29.2 Å². The molecule has 2 fully saturated rings. The highest BCUT2D eigenvalue weighted by Crippen LogP contribution is 2.30. The first-order valence-corrected chi connectivity index (χ1v) is 8.72. The van der Waals surface area contributed by atoms with Crippen molar-refractivity contribution in [3.63, 3.8) is 0 Å². The standard InChI is InChI=1S/C18H22N4O2/c23-16(14-8-9-14)19-15(12-13-6-2-1-3-7-13)17-20-21-18(24-17)22-10-4-5-11-22/h1-3,6-7,14-15H,4-5,8-12H2,(H,19,23)/t15-/m1/s1. The SMILES string of the molecule is O=C(N[C@H](Cc1ccccc1)c1nnc(N2CCCC2)o1)C1CC1. The minimum atomic E-state index is -0.274. The van der Waals surface area contributed by atoms with Gasteiger partial charge in [0.1, 0.15) is 6.04 Å². The number of carbonyl (C=O) groups excluding carboxylic acids is 1. The monoisotopic (exact) mass is 326 g/mol. The molecule has 24 heavy (non-hydrogen) atoms. The lowest BCUT2D eigenvalue weighted by atomic mass is 10.1. The fraction of sp³-hybridized carbons (Fsp3) is 0.500. The maximum atomic E-state index is 12.2. The second-order valence-corrected chi connectivity index (χ2v) is 6.64. The fourth-order valence-electron chi connectivity index (χ4n) is 3.09. The molecule has 1 aliphatic carbocycles. The zero-order chi connectivity index (χ0) is 16.4. The summed E-state index contributed by atoms with van der Waals surface area (Å²) in [5, 5.41) is 11.5. The number of hydrogen-bond donors (Lipinski definition) is 1. The molecule has 2 aliphatic rings. The lowest BCUT2D eigenvalue weighted by Gasteiger charge is -2.16. The first-order valence-electron chi connectivity index (χ1n) is 8.72. The molecule has 0 radical (unpaired) electrons. The predicted molar refractivity (Wildman–Crippen MR) is 89.5 cm³/mol. The van der Waals surface area contributed by atoms with E-state index in [4.69, 9.17) is 4.42 Å². The number of rotatable bonds is 6. The molecule has 1 saturated carbocycles. The predicted octanol–water partition coefficient (Wildman–Crippen LogP) is 2.48. The van der Waals surface area contributed by atoms with E-state index in [0.29, 0.717) is 18.3 Å². The molecule has 1 aromatic heterocycles. The molecule has 1 saturated heterocycles. The van der Waals surface area contributed by atoms with Crippen LogP contribution in [-0.2, 0) is 11.2 Å². The average Bonchev–Trinajstić information content (AvgIpc) is 3.11. The van der Waals surface area contributed by atoms with Crippen molar-refractivity contribution in [2.24, 2.45) is 5.92 Å². The molecular weight excluding hydrogens is 304 g/mol. The van der Waals surface area contributed by atoms with Gasteiger partial charge in [-0.05, 0) is 31.2 Å². The van der Waals surface area contributed by atoms with Gasteiger partial charge < -0.3 is 14.6 Å². The topological polar surface area (TPSA) is 71.3 Å². The summed E-state index contributed by atoms with van der Waals surface area (Å²) >= 11 is 0. The highest BCUT2D eigenvalue weighted by atomic mass is 16.4. The molecule has 1 atom stereocenters. The van der Waals surface area contributed by atoms with Crippen molar-refractivity contribution >= 4 is 11.9 Å². The van der Waals surface area contributed by atoms with Crippen LogP contribution in [0.3, 0.4) is 0 Å². The van der Waals surface area contributed by atoms with E-state index in [1.807, 2.05) is 30.3 Å². The largest absolute Gasteiger partial charge is 0.406 e. The van der Waals surface area contributed by atoms with Crippen molar-refractivity contribution in [3.05, 3.63) is 41.8 Å². The fourth-order valence-corrected chi connectivity index (χ4v) is 3.09. The summed E-state index contributed by atoms with van der Waals surface area (Å²) in [6, 6.07) is 10.4. The molecule has 1 aliphatic heterocycles. The number of carbonyl (C=O) groups is 1. The molecule has 1 amide bonds. The Morgan fingerprint density at radius 1 is 1.21 bits per heavy atom. The summed E-state index contributed by atoms with van der Waals surface area (Å²) < 4.78 is 5.89. The maximum absolute atomic E-state index is 12.2. The Bertz CT molecular complexity index is 690. The van der Waals surface area contributed by atoms with Crippen molar-refractivity contribution in [2.45, 2.75) is 38.1 Å². The molecule has 0 unspecified atom stereocenters. The van der Waals surface area contributed by atoms with E-state index < -0.39 is 0 Å². The summed E-state index contributed by atoms with van der Waals surface area (Å²) in [7, 11) is 0. The van der Waals surface area contributed by atoms with Crippen molar-refractivity contribution < 1.29 is 9.21 Å². The van der Waals surface area contributed by atoms with Gasteiger partial charge in [0.05, 0.1) is 0 Å². The summed E-state index contributed by atoms with van der Waals surface area (Å²) in [6.07, 6.45) is 4.92. The Hall–Kier alpha value is -2.37. The van der Waals surface area contributed by atoms with Crippen LogP contribution in [0.5, 0.6) is 0 Å². The Morgan fingerprint density at radius 3 is 2.67 bits per heavy atom. The van der Waals surface area contributed by atoms with E-state index in [2.05, 4.69) is 20.4 Å².